The second kappa shape index (κ2) is 6.73. The fourth-order valence-corrected chi connectivity index (χ4v) is 1.54. The van der Waals surface area contributed by atoms with Gasteiger partial charge in [-0.2, -0.15) is 0 Å². The Hall–Kier alpha value is -2.10. The Bertz CT molecular complexity index is 487. The maximum atomic E-state index is 11.9. The molecule has 1 N–H and O–H groups in total. The molecule has 4 heteroatoms. The molecule has 1 aromatic rings. The van der Waals surface area contributed by atoms with Gasteiger partial charge >= 0.3 is 5.97 Å². The molecule has 0 atom stereocenters. The largest absolute Gasteiger partial charge is 0.466 e. The first-order chi connectivity index (χ1) is 8.93. The number of methoxy groups -OCH3 is 1. The fourth-order valence-electron chi connectivity index (χ4n) is 1.54. The lowest BCUT2D eigenvalue weighted by molar-refractivity contribution is -0.134. The van der Waals surface area contributed by atoms with E-state index in [2.05, 4.69) is 23.9 Å². The van der Waals surface area contributed by atoms with E-state index in [1.54, 1.807) is 19.1 Å². The van der Waals surface area contributed by atoms with Crippen LogP contribution in [-0.4, -0.2) is 19.0 Å². The van der Waals surface area contributed by atoms with Gasteiger partial charge in [-0.3, -0.25) is 4.79 Å². The minimum atomic E-state index is -0.493. The normalized spacial score (nSPS) is 11.3. The van der Waals surface area contributed by atoms with Crippen LogP contribution in [0.25, 0.3) is 0 Å². The number of carbonyl (C=O) groups excluding carboxylic acids is 2. The molecular weight excluding hydrogens is 242 g/mol. The van der Waals surface area contributed by atoms with Crippen molar-refractivity contribution in [2.24, 2.45) is 0 Å². The van der Waals surface area contributed by atoms with Crippen LogP contribution in [-0.2, 0) is 9.53 Å². The molecule has 0 aromatic heterocycles. The lowest BCUT2D eigenvalue weighted by Gasteiger charge is -2.08. The summed E-state index contributed by atoms with van der Waals surface area (Å²) >= 11 is 0. The number of hydrogen-bond acceptors (Lipinski definition) is 3. The number of amides is 1. The van der Waals surface area contributed by atoms with Gasteiger partial charge in [-0.05, 0) is 30.5 Å². The highest BCUT2D eigenvalue weighted by Gasteiger charge is 2.07. The second-order valence-electron chi connectivity index (χ2n) is 4.58. The van der Waals surface area contributed by atoms with Crippen LogP contribution in [0.15, 0.2) is 36.0 Å². The average Bonchev–Trinajstić information content (AvgIpc) is 2.38. The zero-order chi connectivity index (χ0) is 14.4. The fraction of sp³-hybridized carbons (Fsp3) is 0.333. The van der Waals surface area contributed by atoms with Gasteiger partial charge in [0.05, 0.1) is 7.11 Å². The number of nitrogens with one attached hydrogen (secondary N) is 1. The van der Waals surface area contributed by atoms with Crippen LogP contribution < -0.4 is 5.32 Å². The molecule has 0 aliphatic carbocycles. The maximum Gasteiger partial charge on any atom is 0.332 e. The Morgan fingerprint density at radius 1 is 1.21 bits per heavy atom. The van der Waals surface area contributed by atoms with Crippen LogP contribution in [0.3, 0.4) is 0 Å². The Morgan fingerprint density at radius 3 is 2.26 bits per heavy atom. The Labute approximate surface area is 113 Å². The molecule has 1 amide bonds. The molecule has 0 aliphatic rings. The predicted octanol–water partition coefficient (Wildman–Crippen LogP) is 2.62. The molecule has 0 fully saturated rings. The van der Waals surface area contributed by atoms with Crippen LogP contribution in [0, 0.1) is 0 Å². The molecule has 1 rings (SSSR count). The van der Waals surface area contributed by atoms with Crippen molar-refractivity contribution in [1.82, 2.24) is 5.32 Å². The Kier molecular flexibility index (Phi) is 5.30. The van der Waals surface area contributed by atoms with Crippen molar-refractivity contribution >= 4 is 11.9 Å². The van der Waals surface area contributed by atoms with Gasteiger partial charge in [0.1, 0.15) is 0 Å². The molecule has 0 aliphatic heterocycles. The monoisotopic (exact) mass is 261 g/mol. The van der Waals surface area contributed by atoms with Crippen LogP contribution in [0.2, 0.25) is 0 Å². The highest BCUT2D eigenvalue weighted by molar-refractivity contribution is 5.96. The number of hydrogen-bond donors (Lipinski definition) is 1. The van der Waals surface area contributed by atoms with Gasteiger partial charge in [0, 0.05) is 17.3 Å². The van der Waals surface area contributed by atoms with E-state index < -0.39 is 5.97 Å². The van der Waals surface area contributed by atoms with Crippen molar-refractivity contribution in [1.29, 1.82) is 0 Å². The number of carbonyl (C=O) groups is 2. The molecular formula is C15H19NO3. The summed E-state index contributed by atoms with van der Waals surface area (Å²) in [5.41, 5.74) is 2.19. The van der Waals surface area contributed by atoms with Crippen LogP contribution >= 0.6 is 0 Å². The molecule has 0 unspecified atom stereocenters. The van der Waals surface area contributed by atoms with Crippen molar-refractivity contribution in [3.8, 4) is 0 Å². The van der Waals surface area contributed by atoms with Crippen molar-refractivity contribution in [2.75, 3.05) is 7.11 Å². The third-order valence-electron chi connectivity index (χ3n) is 2.69. The summed E-state index contributed by atoms with van der Waals surface area (Å²) in [5, 5.41) is 2.63. The Balaban J connectivity index is 2.73. The summed E-state index contributed by atoms with van der Waals surface area (Å²) in [6.07, 6.45) is 1.24. The highest BCUT2D eigenvalue weighted by atomic mass is 16.5. The lowest BCUT2D eigenvalue weighted by Crippen LogP contribution is -2.22. The van der Waals surface area contributed by atoms with Gasteiger partial charge in [-0.1, -0.05) is 26.0 Å². The number of benzene rings is 1. The van der Waals surface area contributed by atoms with Crippen LogP contribution in [0.4, 0.5) is 0 Å². The quantitative estimate of drug-likeness (QED) is 0.669. The van der Waals surface area contributed by atoms with Crippen LogP contribution in [0.5, 0.6) is 0 Å². The van der Waals surface area contributed by atoms with Crippen molar-refractivity contribution in [3.63, 3.8) is 0 Å². The van der Waals surface area contributed by atoms with E-state index in [9.17, 15) is 9.59 Å². The summed E-state index contributed by atoms with van der Waals surface area (Å²) in [5.74, 6) is -0.306. The summed E-state index contributed by atoms with van der Waals surface area (Å²) in [6.45, 7) is 5.83. The van der Waals surface area contributed by atoms with Crippen molar-refractivity contribution in [3.05, 3.63) is 47.2 Å². The zero-order valence-electron chi connectivity index (χ0n) is 11.7. The standard InChI is InChI=1S/C15H19NO3/c1-10(2)12-5-7-13(8-6-12)15(18)16-11(3)9-14(17)19-4/h5-10H,1-4H3,(H,16,18)/b11-9-. The first-order valence-corrected chi connectivity index (χ1v) is 6.11. The van der Waals surface area contributed by atoms with Crippen molar-refractivity contribution < 1.29 is 14.3 Å². The number of ether oxygens (including phenoxy) is 1. The molecule has 4 nitrogen and oxygen atoms in total. The molecule has 19 heavy (non-hydrogen) atoms. The van der Waals surface area contributed by atoms with Gasteiger partial charge < -0.3 is 10.1 Å². The summed E-state index contributed by atoms with van der Waals surface area (Å²) in [7, 11) is 1.29. The smallest absolute Gasteiger partial charge is 0.332 e. The van der Waals surface area contributed by atoms with Crippen molar-refractivity contribution in [2.45, 2.75) is 26.7 Å². The third-order valence-corrected chi connectivity index (χ3v) is 2.69. The van der Waals surface area contributed by atoms with Gasteiger partial charge in [0.25, 0.3) is 5.91 Å². The van der Waals surface area contributed by atoms with E-state index in [1.807, 2.05) is 12.1 Å². The molecule has 0 radical (unpaired) electrons. The number of allylic oxidation sites excluding steroid dienone is 1. The predicted molar refractivity (Wildman–Crippen MR) is 73.8 cm³/mol. The molecule has 102 valence electrons. The highest BCUT2D eigenvalue weighted by Crippen LogP contribution is 2.14. The Morgan fingerprint density at radius 2 is 1.79 bits per heavy atom. The summed E-state index contributed by atoms with van der Waals surface area (Å²) in [6, 6.07) is 7.41. The van der Waals surface area contributed by atoms with Gasteiger partial charge in [0.2, 0.25) is 0 Å². The van der Waals surface area contributed by atoms with Crippen LogP contribution in [0.1, 0.15) is 42.6 Å². The van der Waals surface area contributed by atoms with Gasteiger partial charge in [0.15, 0.2) is 0 Å². The van der Waals surface area contributed by atoms with E-state index in [0.717, 1.165) is 0 Å². The van der Waals surface area contributed by atoms with E-state index in [0.29, 0.717) is 17.2 Å². The molecule has 0 saturated heterocycles. The first kappa shape index (κ1) is 15.0. The second-order valence-corrected chi connectivity index (χ2v) is 4.58. The lowest BCUT2D eigenvalue weighted by atomic mass is 10.0. The van der Waals surface area contributed by atoms with Gasteiger partial charge in [-0.15, -0.1) is 0 Å². The van der Waals surface area contributed by atoms with E-state index in [1.165, 1.54) is 18.7 Å². The summed E-state index contributed by atoms with van der Waals surface area (Å²) in [4.78, 5) is 22.9. The van der Waals surface area contributed by atoms with E-state index in [4.69, 9.17) is 0 Å². The molecule has 0 spiro atoms. The van der Waals surface area contributed by atoms with E-state index in [-0.39, 0.29) is 5.91 Å². The molecule has 0 saturated carbocycles. The van der Waals surface area contributed by atoms with Gasteiger partial charge in [-0.25, -0.2) is 4.79 Å². The minimum Gasteiger partial charge on any atom is -0.466 e. The average molecular weight is 261 g/mol. The van der Waals surface area contributed by atoms with E-state index >= 15 is 0 Å². The number of rotatable bonds is 4. The topological polar surface area (TPSA) is 55.4 Å². The first-order valence-electron chi connectivity index (χ1n) is 6.11. The molecule has 0 heterocycles. The molecule has 0 bridgehead atoms. The maximum absolute atomic E-state index is 11.9. The summed E-state index contributed by atoms with van der Waals surface area (Å²) < 4.78 is 4.48. The zero-order valence-corrected chi connectivity index (χ0v) is 11.7. The minimum absolute atomic E-state index is 0.243. The third kappa shape index (κ3) is 4.58. The SMILES string of the molecule is COC(=O)/C=C(/C)NC(=O)c1ccc(C(C)C)cc1. The molecule has 1 aromatic carbocycles. The number of esters is 1.